The van der Waals surface area contributed by atoms with Gasteiger partial charge in [0.25, 0.3) is 0 Å². The number of phenols is 1. The second-order valence-electron chi connectivity index (χ2n) is 4.36. The monoisotopic (exact) mass is 269 g/mol. The first-order valence-corrected chi connectivity index (χ1v) is 6.02. The van der Waals surface area contributed by atoms with E-state index in [4.69, 9.17) is 4.74 Å². The van der Waals surface area contributed by atoms with Gasteiger partial charge in [-0.2, -0.15) is 0 Å². The van der Waals surface area contributed by atoms with E-state index in [1.807, 2.05) is 0 Å². The van der Waals surface area contributed by atoms with E-state index in [0.29, 0.717) is 16.9 Å². The Balaban J connectivity index is 2.06. The number of ether oxygens (including phenoxy) is 1. The van der Waals surface area contributed by atoms with Crippen LogP contribution in [-0.4, -0.2) is 22.1 Å². The lowest BCUT2D eigenvalue weighted by atomic mass is 10.0. The molecule has 2 N–H and O–H groups in total. The largest absolute Gasteiger partial charge is 0.508 e. The smallest absolute Gasteiger partial charge is 0.333 e. The fourth-order valence-corrected chi connectivity index (χ4v) is 2.04. The number of phenolic OH excluding ortho intramolecular Hbond substituents is 1. The van der Waals surface area contributed by atoms with Crippen molar-refractivity contribution in [2.24, 2.45) is 4.99 Å². The molecule has 0 aromatic heterocycles. The molecule has 0 saturated carbocycles. The normalized spacial score (nSPS) is 16.8. The lowest BCUT2D eigenvalue weighted by Crippen LogP contribution is -2.22. The molecule has 100 valence electrons. The minimum Gasteiger partial charge on any atom is -0.508 e. The van der Waals surface area contributed by atoms with Crippen LogP contribution in [-0.2, 0) is 4.79 Å². The minimum absolute atomic E-state index is 0.125. The van der Waals surface area contributed by atoms with Crippen molar-refractivity contribution in [3.63, 3.8) is 0 Å². The molecule has 5 nitrogen and oxygen atoms in total. The molecule has 0 spiro atoms. The number of aromatic hydroxyl groups is 1. The fraction of sp³-hybridized carbons (Fsp3) is 0.0667. The highest BCUT2D eigenvalue weighted by Crippen LogP contribution is 2.33. The van der Waals surface area contributed by atoms with E-state index in [0.717, 1.165) is 0 Å². The second-order valence-corrected chi connectivity index (χ2v) is 4.36. The zero-order valence-electron chi connectivity index (χ0n) is 10.4. The molecule has 3 rings (SSSR count). The molecule has 1 heterocycles. The molecule has 1 unspecified atom stereocenters. The number of para-hydroxylation sites is 1. The number of carbonyl (C=O) groups is 1. The Bertz CT molecular complexity index is 691. The van der Waals surface area contributed by atoms with Gasteiger partial charge in [-0.15, -0.1) is 0 Å². The lowest BCUT2D eigenvalue weighted by Gasteiger charge is -2.21. The van der Waals surface area contributed by atoms with Crippen molar-refractivity contribution >= 4 is 11.9 Å². The van der Waals surface area contributed by atoms with Gasteiger partial charge in [0, 0.05) is 11.1 Å². The van der Waals surface area contributed by atoms with Crippen LogP contribution < -0.4 is 4.74 Å². The van der Waals surface area contributed by atoms with Gasteiger partial charge >= 0.3 is 5.97 Å². The van der Waals surface area contributed by atoms with Crippen molar-refractivity contribution in [1.82, 2.24) is 0 Å². The predicted molar refractivity (Wildman–Crippen MR) is 72.1 cm³/mol. The molecular weight excluding hydrogens is 258 g/mol. The molecular formula is C15H11NO4. The van der Waals surface area contributed by atoms with Gasteiger partial charge in [-0.05, 0) is 30.3 Å². The van der Waals surface area contributed by atoms with Crippen LogP contribution in [0.3, 0.4) is 0 Å². The summed E-state index contributed by atoms with van der Waals surface area (Å²) in [6.07, 6.45) is 0. The van der Waals surface area contributed by atoms with E-state index in [1.54, 1.807) is 36.4 Å². The number of carboxylic acid groups (broad SMARTS) is 1. The van der Waals surface area contributed by atoms with Crippen LogP contribution in [0.25, 0.3) is 0 Å². The molecule has 0 amide bonds. The summed E-state index contributed by atoms with van der Waals surface area (Å²) in [5.74, 6) is -0.188. The number of aliphatic imine (C=N–C) groups is 1. The van der Waals surface area contributed by atoms with Crippen molar-refractivity contribution in [1.29, 1.82) is 0 Å². The Hall–Kier alpha value is -2.82. The molecule has 0 aliphatic carbocycles. The number of fused-ring (bicyclic) bond motifs is 1. The van der Waals surface area contributed by atoms with E-state index in [1.165, 1.54) is 12.1 Å². The summed E-state index contributed by atoms with van der Waals surface area (Å²) >= 11 is 0. The van der Waals surface area contributed by atoms with E-state index in [2.05, 4.69) is 4.99 Å². The van der Waals surface area contributed by atoms with Gasteiger partial charge < -0.3 is 14.9 Å². The Morgan fingerprint density at radius 1 is 1.10 bits per heavy atom. The Morgan fingerprint density at radius 3 is 2.50 bits per heavy atom. The highest BCUT2D eigenvalue weighted by molar-refractivity contribution is 5.99. The number of hydrogen-bond donors (Lipinski definition) is 2. The second kappa shape index (κ2) is 4.70. The Morgan fingerprint density at radius 2 is 1.80 bits per heavy atom. The van der Waals surface area contributed by atoms with E-state index >= 15 is 0 Å². The van der Waals surface area contributed by atoms with Gasteiger partial charge in [-0.1, -0.05) is 18.2 Å². The highest BCUT2D eigenvalue weighted by Gasteiger charge is 2.28. The van der Waals surface area contributed by atoms with Gasteiger partial charge in [0.1, 0.15) is 11.5 Å². The summed E-state index contributed by atoms with van der Waals surface area (Å²) in [6.45, 7) is 0. The third kappa shape index (κ3) is 2.09. The standard InChI is InChI=1S/C15H11NO4/c17-10-7-5-9(6-8-10)14-16-13(15(18)19)11-3-1-2-4-12(11)20-14/h1-8,13,17H,(H,18,19). The SMILES string of the molecule is O=C(O)C1N=C(c2ccc(O)cc2)Oc2ccccc21. The molecule has 1 atom stereocenters. The molecule has 5 heteroatoms. The van der Waals surface area contributed by atoms with Crippen LogP contribution >= 0.6 is 0 Å². The lowest BCUT2D eigenvalue weighted by molar-refractivity contribution is -0.138. The quantitative estimate of drug-likeness (QED) is 0.877. The predicted octanol–water partition coefficient (Wildman–Crippen LogP) is 2.36. The molecule has 0 saturated heterocycles. The van der Waals surface area contributed by atoms with Gasteiger partial charge in [-0.3, -0.25) is 0 Å². The topological polar surface area (TPSA) is 79.1 Å². The van der Waals surface area contributed by atoms with E-state index < -0.39 is 12.0 Å². The van der Waals surface area contributed by atoms with Gasteiger partial charge in [0.15, 0.2) is 6.04 Å². The summed E-state index contributed by atoms with van der Waals surface area (Å²) in [4.78, 5) is 15.5. The molecule has 0 bridgehead atoms. The first kappa shape index (κ1) is 12.2. The molecule has 2 aromatic rings. The van der Waals surface area contributed by atoms with Crippen LogP contribution in [0.4, 0.5) is 0 Å². The molecule has 1 aliphatic rings. The summed E-state index contributed by atoms with van der Waals surface area (Å²) in [5.41, 5.74) is 1.14. The zero-order valence-corrected chi connectivity index (χ0v) is 10.4. The Kier molecular flexibility index (Phi) is 2.87. The molecule has 2 aromatic carbocycles. The van der Waals surface area contributed by atoms with Crippen molar-refractivity contribution in [3.8, 4) is 11.5 Å². The van der Waals surface area contributed by atoms with Gasteiger partial charge in [0.05, 0.1) is 0 Å². The molecule has 0 radical (unpaired) electrons. The third-order valence-electron chi connectivity index (χ3n) is 3.01. The number of hydrogen-bond acceptors (Lipinski definition) is 4. The van der Waals surface area contributed by atoms with Crippen LogP contribution in [0, 0.1) is 0 Å². The van der Waals surface area contributed by atoms with E-state index in [9.17, 15) is 15.0 Å². The zero-order chi connectivity index (χ0) is 14.1. The average Bonchev–Trinajstić information content (AvgIpc) is 2.46. The van der Waals surface area contributed by atoms with Crippen LogP contribution in [0.5, 0.6) is 11.5 Å². The summed E-state index contributed by atoms with van der Waals surface area (Å²) in [5, 5.41) is 18.6. The van der Waals surface area contributed by atoms with Gasteiger partial charge in [-0.25, -0.2) is 9.79 Å². The first-order chi connectivity index (χ1) is 9.65. The maximum atomic E-state index is 11.3. The number of benzene rings is 2. The number of nitrogens with zero attached hydrogens (tertiary/aromatic N) is 1. The highest BCUT2D eigenvalue weighted by atomic mass is 16.5. The van der Waals surface area contributed by atoms with Crippen LogP contribution in [0.1, 0.15) is 17.2 Å². The summed E-state index contributed by atoms with van der Waals surface area (Å²) < 4.78 is 5.64. The van der Waals surface area contributed by atoms with E-state index in [-0.39, 0.29) is 11.6 Å². The average molecular weight is 269 g/mol. The van der Waals surface area contributed by atoms with Crippen molar-refractivity contribution in [2.45, 2.75) is 6.04 Å². The van der Waals surface area contributed by atoms with Crippen molar-refractivity contribution < 1.29 is 19.7 Å². The van der Waals surface area contributed by atoms with Gasteiger partial charge in [0.2, 0.25) is 5.90 Å². The summed E-state index contributed by atoms with van der Waals surface area (Å²) in [6, 6.07) is 12.2. The maximum Gasteiger partial charge on any atom is 0.333 e. The minimum atomic E-state index is -1.03. The van der Waals surface area contributed by atoms with Crippen molar-refractivity contribution in [3.05, 3.63) is 59.7 Å². The number of carboxylic acids is 1. The molecule has 1 aliphatic heterocycles. The summed E-state index contributed by atoms with van der Waals surface area (Å²) in [7, 11) is 0. The first-order valence-electron chi connectivity index (χ1n) is 6.02. The van der Waals surface area contributed by atoms with Crippen molar-refractivity contribution in [2.75, 3.05) is 0 Å². The van der Waals surface area contributed by atoms with Crippen LogP contribution in [0.15, 0.2) is 53.5 Å². The number of aliphatic carboxylic acids is 1. The van der Waals surface area contributed by atoms with Crippen LogP contribution in [0.2, 0.25) is 0 Å². The number of rotatable bonds is 2. The maximum absolute atomic E-state index is 11.3. The Labute approximate surface area is 114 Å². The molecule has 0 fully saturated rings. The third-order valence-corrected chi connectivity index (χ3v) is 3.01. The molecule has 20 heavy (non-hydrogen) atoms. The fourth-order valence-electron chi connectivity index (χ4n) is 2.04.